The van der Waals surface area contributed by atoms with Gasteiger partial charge in [-0.05, 0) is 67.1 Å². The summed E-state index contributed by atoms with van der Waals surface area (Å²) in [5, 5.41) is 14.6. The van der Waals surface area contributed by atoms with Crippen molar-refractivity contribution in [3.8, 4) is 0 Å². The lowest BCUT2D eigenvalue weighted by Crippen LogP contribution is -2.51. The number of amides is 2. The zero-order chi connectivity index (χ0) is 26.4. The van der Waals surface area contributed by atoms with Crippen molar-refractivity contribution in [3.63, 3.8) is 0 Å². The fraction of sp³-hybridized carbons (Fsp3) is 0.276. The minimum Gasteiger partial charge on any atom is -0.393 e. The predicted molar refractivity (Wildman–Crippen MR) is 151 cm³/mol. The van der Waals surface area contributed by atoms with Crippen LogP contribution >= 0.6 is 34.5 Å². The van der Waals surface area contributed by atoms with E-state index in [9.17, 15) is 14.7 Å². The molecule has 1 saturated carbocycles. The van der Waals surface area contributed by atoms with Crippen LogP contribution in [0.3, 0.4) is 0 Å². The molecule has 2 atom stereocenters. The number of para-hydroxylation sites is 1. The van der Waals surface area contributed by atoms with Crippen LogP contribution in [0, 0.1) is 0 Å². The number of fused-ring (bicyclic) bond motifs is 2. The maximum absolute atomic E-state index is 14.2. The summed E-state index contributed by atoms with van der Waals surface area (Å²) >= 11 is 14.4. The molecule has 1 aliphatic heterocycles. The number of hydrogen-bond donors (Lipinski definition) is 2. The van der Waals surface area contributed by atoms with Crippen LogP contribution in [-0.4, -0.2) is 39.0 Å². The molecule has 0 saturated heterocycles. The Labute approximate surface area is 234 Å². The lowest BCUT2D eigenvalue weighted by molar-refractivity contribution is -0.119. The average Bonchev–Trinajstić information content (AvgIpc) is 3.32. The summed E-state index contributed by atoms with van der Waals surface area (Å²) in [7, 11) is 0. The number of rotatable bonds is 4. The van der Waals surface area contributed by atoms with Gasteiger partial charge in [-0.3, -0.25) is 9.59 Å². The first-order chi connectivity index (χ1) is 18.4. The lowest BCUT2D eigenvalue weighted by atomic mass is 9.77. The van der Waals surface area contributed by atoms with E-state index in [0.29, 0.717) is 57.6 Å². The van der Waals surface area contributed by atoms with E-state index >= 15 is 0 Å². The van der Waals surface area contributed by atoms with Crippen LogP contribution in [0.15, 0.2) is 66.7 Å². The second-order valence-corrected chi connectivity index (χ2v) is 11.7. The molecule has 194 valence electrons. The summed E-state index contributed by atoms with van der Waals surface area (Å²) < 4.78 is 0.974. The first kappa shape index (κ1) is 25.3. The van der Waals surface area contributed by atoms with Crippen molar-refractivity contribution in [2.24, 2.45) is 0 Å². The van der Waals surface area contributed by atoms with Crippen LogP contribution < -0.4 is 5.32 Å². The van der Waals surface area contributed by atoms with Gasteiger partial charge in [0.15, 0.2) is 5.13 Å². The molecule has 9 heteroatoms. The number of aliphatic hydroxyl groups excluding tert-OH is 1. The smallest absolute Gasteiger partial charge is 0.254 e. The summed E-state index contributed by atoms with van der Waals surface area (Å²) in [6.45, 7) is 0. The number of halogens is 2. The number of nitrogens with zero attached hydrogens (tertiary/aromatic N) is 2. The molecular formula is C29H25Cl2N3O3S. The van der Waals surface area contributed by atoms with Crippen molar-refractivity contribution in [2.45, 2.75) is 49.8 Å². The van der Waals surface area contributed by atoms with Crippen LogP contribution in [0.25, 0.3) is 10.2 Å². The highest BCUT2D eigenvalue weighted by atomic mass is 35.5. The third-order valence-corrected chi connectivity index (χ3v) is 9.04. The predicted octanol–water partition coefficient (Wildman–Crippen LogP) is 6.83. The molecule has 1 fully saturated rings. The van der Waals surface area contributed by atoms with E-state index in [-0.39, 0.29) is 24.0 Å². The molecule has 0 radical (unpaired) electrons. The molecule has 0 unspecified atom stereocenters. The number of anilines is 1. The van der Waals surface area contributed by atoms with Gasteiger partial charge in [-0.25, -0.2) is 4.98 Å². The molecular weight excluding hydrogens is 541 g/mol. The van der Waals surface area contributed by atoms with Crippen LogP contribution in [0.2, 0.25) is 10.0 Å². The summed E-state index contributed by atoms with van der Waals surface area (Å²) in [5.41, 5.74) is 2.63. The monoisotopic (exact) mass is 565 g/mol. The molecule has 4 aromatic rings. The van der Waals surface area contributed by atoms with E-state index in [4.69, 9.17) is 23.2 Å². The highest BCUT2D eigenvalue weighted by Crippen LogP contribution is 2.48. The molecule has 0 spiro atoms. The fourth-order valence-electron chi connectivity index (χ4n) is 5.75. The number of carbonyl (C=O) groups is 2. The molecule has 2 aliphatic rings. The molecule has 1 aliphatic carbocycles. The van der Waals surface area contributed by atoms with E-state index in [2.05, 4.69) is 10.3 Å². The van der Waals surface area contributed by atoms with Crippen LogP contribution in [-0.2, 0) is 4.79 Å². The van der Waals surface area contributed by atoms with Crippen molar-refractivity contribution in [1.29, 1.82) is 0 Å². The summed E-state index contributed by atoms with van der Waals surface area (Å²) in [6, 6.07) is 19.4. The topological polar surface area (TPSA) is 82.5 Å². The molecule has 2 heterocycles. The van der Waals surface area contributed by atoms with Gasteiger partial charge in [0.1, 0.15) is 0 Å². The number of aromatic nitrogens is 1. The largest absolute Gasteiger partial charge is 0.393 e. The molecule has 2 amide bonds. The molecule has 2 N–H and O–H groups in total. The Morgan fingerprint density at radius 2 is 1.71 bits per heavy atom. The second-order valence-electron chi connectivity index (χ2n) is 9.83. The maximum Gasteiger partial charge on any atom is 0.254 e. The van der Waals surface area contributed by atoms with Gasteiger partial charge in [0, 0.05) is 21.7 Å². The molecule has 6 rings (SSSR count). The molecule has 1 aromatic heterocycles. The maximum atomic E-state index is 14.2. The third kappa shape index (κ3) is 4.58. The second kappa shape index (κ2) is 10.3. The van der Waals surface area contributed by atoms with E-state index in [1.807, 2.05) is 47.4 Å². The first-order valence-electron chi connectivity index (χ1n) is 12.6. The quantitative estimate of drug-likeness (QED) is 0.284. The summed E-state index contributed by atoms with van der Waals surface area (Å²) in [5.74, 6) is -1.13. The first-order valence-corrected chi connectivity index (χ1v) is 14.2. The van der Waals surface area contributed by atoms with Gasteiger partial charge in [0.2, 0.25) is 5.91 Å². The van der Waals surface area contributed by atoms with Crippen molar-refractivity contribution >= 4 is 61.7 Å². The van der Waals surface area contributed by atoms with Crippen molar-refractivity contribution in [3.05, 3.63) is 93.5 Å². The number of thiazole rings is 1. The Kier molecular flexibility index (Phi) is 6.86. The van der Waals surface area contributed by atoms with E-state index in [1.54, 1.807) is 24.3 Å². The fourth-order valence-corrected chi connectivity index (χ4v) is 7.14. The summed E-state index contributed by atoms with van der Waals surface area (Å²) in [6.07, 6.45) is 2.10. The van der Waals surface area contributed by atoms with E-state index in [0.717, 1.165) is 10.2 Å². The summed E-state index contributed by atoms with van der Waals surface area (Å²) in [4.78, 5) is 34.6. The Morgan fingerprint density at radius 1 is 0.974 bits per heavy atom. The Morgan fingerprint density at radius 3 is 2.47 bits per heavy atom. The SMILES string of the molecule is O=C(Nc1nc2ccccc2s1)[C@@H]1c2ccccc2C(=O)N([C@H]2CC[C@H](O)CC2)[C@H]1c1ccc(Cl)cc1Cl. The zero-order valence-corrected chi connectivity index (χ0v) is 22.6. The Balaban J connectivity index is 1.48. The van der Waals surface area contributed by atoms with Gasteiger partial charge < -0.3 is 15.3 Å². The normalized spacial score (nSPS) is 23.3. The third-order valence-electron chi connectivity index (χ3n) is 7.52. The number of hydrogen-bond acceptors (Lipinski definition) is 5. The highest BCUT2D eigenvalue weighted by Gasteiger charge is 2.47. The van der Waals surface area contributed by atoms with Crippen molar-refractivity contribution < 1.29 is 14.7 Å². The van der Waals surface area contributed by atoms with Gasteiger partial charge in [-0.2, -0.15) is 0 Å². The minimum atomic E-state index is -0.735. The molecule has 38 heavy (non-hydrogen) atoms. The van der Waals surface area contributed by atoms with Crippen LogP contribution in [0.1, 0.15) is 59.1 Å². The minimum absolute atomic E-state index is 0.137. The number of carbonyl (C=O) groups excluding carboxylic acids is 2. The van der Waals surface area contributed by atoms with Crippen LogP contribution in [0.4, 0.5) is 5.13 Å². The Hall–Kier alpha value is -2.97. The molecule has 6 nitrogen and oxygen atoms in total. The van der Waals surface area contributed by atoms with Gasteiger partial charge in [-0.15, -0.1) is 0 Å². The van der Waals surface area contributed by atoms with Gasteiger partial charge in [-0.1, -0.05) is 70.9 Å². The van der Waals surface area contributed by atoms with E-state index < -0.39 is 12.0 Å². The molecule has 0 bridgehead atoms. The van der Waals surface area contributed by atoms with E-state index in [1.165, 1.54) is 11.3 Å². The molecule has 3 aromatic carbocycles. The van der Waals surface area contributed by atoms with Gasteiger partial charge in [0.05, 0.1) is 28.3 Å². The number of nitrogens with one attached hydrogen (secondary N) is 1. The number of benzene rings is 3. The standard InChI is InChI=1S/C29H25Cl2N3O3S/c30-16-9-14-21(22(31)15-16)26-25(27(36)33-29-32-23-7-3-4-8-24(23)38-29)19-5-1-2-6-20(19)28(37)34(26)17-10-12-18(35)13-11-17/h1-9,14-15,17-18,25-26,35H,10-13H2,(H,32,33,36)/t17-,18-,25-,26+/m1/s1. The van der Waals surface area contributed by atoms with Crippen molar-refractivity contribution in [2.75, 3.05) is 5.32 Å². The van der Waals surface area contributed by atoms with Gasteiger partial charge in [0.25, 0.3) is 5.91 Å². The highest BCUT2D eigenvalue weighted by molar-refractivity contribution is 7.22. The van der Waals surface area contributed by atoms with Crippen LogP contribution in [0.5, 0.6) is 0 Å². The van der Waals surface area contributed by atoms with Gasteiger partial charge >= 0.3 is 0 Å². The van der Waals surface area contributed by atoms with Crippen molar-refractivity contribution in [1.82, 2.24) is 9.88 Å². The number of aliphatic hydroxyl groups is 1. The average molecular weight is 567 g/mol. The zero-order valence-electron chi connectivity index (χ0n) is 20.3. The Bertz CT molecular complexity index is 1500. The lowest BCUT2D eigenvalue weighted by Gasteiger charge is -2.47.